The van der Waals surface area contributed by atoms with E-state index in [2.05, 4.69) is 76.8 Å². The summed E-state index contributed by atoms with van der Waals surface area (Å²) in [4.78, 5) is 9.95. The zero-order valence-corrected chi connectivity index (χ0v) is 20.1. The van der Waals surface area contributed by atoms with E-state index >= 15 is 0 Å². The van der Waals surface area contributed by atoms with Crippen molar-refractivity contribution in [2.45, 2.75) is 40.7 Å². The largest absolute Gasteiger partial charge is 0.355 e. The first-order chi connectivity index (χ1) is 16.0. The third-order valence-electron chi connectivity index (χ3n) is 7.29. The maximum absolute atomic E-state index is 9.95. The van der Waals surface area contributed by atoms with Crippen LogP contribution in [0.2, 0.25) is 0 Å². The van der Waals surface area contributed by atoms with E-state index in [-0.39, 0.29) is 0 Å². The number of aryl methyl sites for hydroxylation is 2. The van der Waals surface area contributed by atoms with Gasteiger partial charge in [0.05, 0.1) is 16.6 Å². The molecule has 33 heavy (non-hydrogen) atoms. The molecule has 3 aromatic heterocycles. The van der Waals surface area contributed by atoms with Crippen LogP contribution in [-0.2, 0) is 13.0 Å². The Hall–Kier alpha value is -3.30. The lowest BCUT2D eigenvalue weighted by Crippen LogP contribution is -2.48. The van der Waals surface area contributed by atoms with Crippen LogP contribution >= 0.6 is 0 Å². The minimum Gasteiger partial charge on any atom is -0.355 e. The van der Waals surface area contributed by atoms with Crippen LogP contribution in [0.4, 0.5) is 5.82 Å². The molecular weight excluding hydrogens is 408 g/mol. The van der Waals surface area contributed by atoms with Gasteiger partial charge in [-0.1, -0.05) is 19.1 Å². The van der Waals surface area contributed by atoms with Gasteiger partial charge in [0.1, 0.15) is 11.9 Å². The Morgan fingerprint density at radius 2 is 1.64 bits per heavy atom. The molecule has 0 amide bonds. The van der Waals surface area contributed by atoms with E-state index < -0.39 is 0 Å². The third-order valence-corrected chi connectivity index (χ3v) is 7.29. The number of fused-ring (bicyclic) bond motifs is 3. The Balaban J connectivity index is 1.47. The van der Waals surface area contributed by atoms with Crippen LogP contribution in [0.3, 0.4) is 0 Å². The first kappa shape index (κ1) is 21.5. The van der Waals surface area contributed by atoms with Gasteiger partial charge in [-0.05, 0) is 62.6 Å². The molecule has 0 radical (unpaired) electrons. The van der Waals surface area contributed by atoms with E-state index in [0.717, 1.165) is 67.9 Å². The second-order valence-corrected chi connectivity index (χ2v) is 9.12. The zero-order valence-electron chi connectivity index (χ0n) is 20.1. The van der Waals surface area contributed by atoms with Gasteiger partial charge in [-0.2, -0.15) is 5.26 Å². The summed E-state index contributed by atoms with van der Waals surface area (Å²) in [6, 6.07) is 15.1. The Bertz CT molecular complexity index is 1340. The van der Waals surface area contributed by atoms with E-state index in [1.807, 2.05) is 12.1 Å². The van der Waals surface area contributed by atoms with Crippen LogP contribution in [0.1, 0.15) is 35.0 Å². The standard InChI is InChI=1S/C27H32N6/c1-5-22-21(4)23(18-28)26-29-24-8-6-7-9-25(24)33(26)27(22)31-15-12-30(13-16-31)14-17-32-19(2)10-11-20(32)3/h6-11H,5,12-17H2,1-4H3. The number of rotatable bonds is 5. The summed E-state index contributed by atoms with van der Waals surface area (Å²) in [6.45, 7) is 14.8. The van der Waals surface area contributed by atoms with Crippen LogP contribution in [0.15, 0.2) is 36.4 Å². The Morgan fingerprint density at radius 1 is 0.939 bits per heavy atom. The molecule has 6 heteroatoms. The number of anilines is 1. The molecule has 1 aliphatic rings. The Labute approximate surface area is 195 Å². The lowest BCUT2D eigenvalue weighted by Gasteiger charge is -2.38. The van der Waals surface area contributed by atoms with E-state index in [1.54, 1.807) is 0 Å². The fourth-order valence-electron chi connectivity index (χ4n) is 5.40. The highest BCUT2D eigenvalue weighted by Gasteiger charge is 2.26. The summed E-state index contributed by atoms with van der Waals surface area (Å²) in [7, 11) is 0. The molecule has 1 saturated heterocycles. The molecule has 1 fully saturated rings. The van der Waals surface area contributed by atoms with Gasteiger partial charge in [0.15, 0.2) is 5.65 Å². The topological polar surface area (TPSA) is 52.5 Å². The maximum Gasteiger partial charge on any atom is 0.157 e. The summed E-state index contributed by atoms with van der Waals surface area (Å²) in [5.74, 6) is 1.22. The molecule has 0 spiro atoms. The minimum atomic E-state index is 0.697. The van der Waals surface area contributed by atoms with Gasteiger partial charge in [-0.25, -0.2) is 4.98 Å². The molecule has 1 aromatic carbocycles. The maximum atomic E-state index is 9.95. The van der Waals surface area contributed by atoms with Gasteiger partial charge < -0.3 is 9.47 Å². The number of hydrogen-bond acceptors (Lipinski definition) is 4. The van der Waals surface area contributed by atoms with Crippen LogP contribution in [0.5, 0.6) is 0 Å². The van der Waals surface area contributed by atoms with Crippen molar-refractivity contribution in [3.8, 4) is 6.07 Å². The number of piperazine rings is 1. The Kier molecular flexibility index (Phi) is 5.59. The number of imidazole rings is 1. The van der Waals surface area contributed by atoms with E-state index in [9.17, 15) is 5.26 Å². The molecule has 0 N–H and O–H groups in total. The van der Waals surface area contributed by atoms with Gasteiger partial charge in [-0.15, -0.1) is 0 Å². The molecule has 6 nitrogen and oxygen atoms in total. The summed E-state index contributed by atoms with van der Waals surface area (Å²) < 4.78 is 4.65. The number of para-hydroxylation sites is 2. The Morgan fingerprint density at radius 3 is 2.30 bits per heavy atom. The minimum absolute atomic E-state index is 0.697. The molecule has 0 saturated carbocycles. The van der Waals surface area contributed by atoms with Gasteiger partial charge in [0.2, 0.25) is 0 Å². The fourth-order valence-corrected chi connectivity index (χ4v) is 5.40. The summed E-state index contributed by atoms with van der Waals surface area (Å²) in [5.41, 5.74) is 8.50. The second kappa shape index (κ2) is 8.57. The summed E-state index contributed by atoms with van der Waals surface area (Å²) in [6.07, 6.45) is 0.894. The third kappa shape index (κ3) is 3.57. The van der Waals surface area contributed by atoms with Gasteiger partial charge in [0, 0.05) is 50.7 Å². The predicted octanol–water partition coefficient (Wildman–Crippen LogP) is 4.47. The van der Waals surface area contributed by atoms with Crippen LogP contribution in [-0.4, -0.2) is 51.6 Å². The summed E-state index contributed by atoms with van der Waals surface area (Å²) in [5, 5.41) is 9.95. The molecule has 0 bridgehead atoms. The van der Waals surface area contributed by atoms with Gasteiger partial charge in [-0.3, -0.25) is 9.30 Å². The van der Waals surface area contributed by atoms with Gasteiger partial charge >= 0.3 is 0 Å². The first-order valence-corrected chi connectivity index (χ1v) is 12.0. The molecular formula is C27H32N6. The van der Waals surface area contributed by atoms with Crippen molar-refractivity contribution in [2.24, 2.45) is 0 Å². The fraction of sp³-hybridized carbons (Fsp3) is 0.407. The number of pyridine rings is 1. The first-order valence-electron chi connectivity index (χ1n) is 12.0. The van der Waals surface area contributed by atoms with Crippen molar-refractivity contribution in [3.63, 3.8) is 0 Å². The van der Waals surface area contributed by atoms with Crippen molar-refractivity contribution >= 4 is 22.5 Å². The van der Waals surface area contributed by atoms with E-state index in [4.69, 9.17) is 4.98 Å². The number of benzene rings is 1. The predicted molar refractivity (Wildman–Crippen MR) is 134 cm³/mol. The number of hydrogen-bond donors (Lipinski definition) is 0. The highest BCUT2D eigenvalue weighted by Crippen LogP contribution is 2.34. The molecule has 4 aromatic rings. The average Bonchev–Trinajstić information content (AvgIpc) is 3.36. The summed E-state index contributed by atoms with van der Waals surface area (Å²) >= 11 is 0. The molecule has 0 atom stereocenters. The lowest BCUT2D eigenvalue weighted by atomic mass is 10.0. The quantitative estimate of drug-likeness (QED) is 0.459. The van der Waals surface area contributed by atoms with Crippen molar-refractivity contribution in [2.75, 3.05) is 37.6 Å². The SMILES string of the molecule is CCc1c(C)c(C#N)c2nc3ccccc3n2c1N1CCN(CCn2c(C)ccc2C)CC1. The van der Waals surface area contributed by atoms with Crippen molar-refractivity contribution < 1.29 is 0 Å². The smallest absolute Gasteiger partial charge is 0.157 e. The molecule has 0 unspecified atom stereocenters. The van der Waals surface area contributed by atoms with Crippen LogP contribution < -0.4 is 4.90 Å². The highest BCUT2D eigenvalue weighted by molar-refractivity contribution is 5.86. The molecule has 4 heterocycles. The highest BCUT2D eigenvalue weighted by atomic mass is 15.3. The number of nitrogens with zero attached hydrogens (tertiary/aromatic N) is 6. The van der Waals surface area contributed by atoms with Crippen molar-refractivity contribution in [3.05, 3.63) is 64.5 Å². The molecule has 170 valence electrons. The molecule has 0 aliphatic carbocycles. The van der Waals surface area contributed by atoms with Crippen molar-refractivity contribution in [1.82, 2.24) is 18.9 Å². The van der Waals surface area contributed by atoms with Gasteiger partial charge in [0.25, 0.3) is 0 Å². The second-order valence-electron chi connectivity index (χ2n) is 9.12. The van der Waals surface area contributed by atoms with Crippen molar-refractivity contribution in [1.29, 1.82) is 5.26 Å². The number of aromatic nitrogens is 3. The van der Waals surface area contributed by atoms with E-state index in [0.29, 0.717) is 5.56 Å². The van der Waals surface area contributed by atoms with E-state index in [1.165, 1.54) is 22.8 Å². The zero-order chi connectivity index (χ0) is 23.1. The normalized spacial score (nSPS) is 14.9. The number of nitriles is 1. The molecule has 1 aliphatic heterocycles. The molecule has 5 rings (SSSR count). The van der Waals surface area contributed by atoms with Crippen LogP contribution in [0.25, 0.3) is 16.7 Å². The lowest BCUT2D eigenvalue weighted by molar-refractivity contribution is 0.246. The average molecular weight is 441 g/mol. The monoisotopic (exact) mass is 440 g/mol. The van der Waals surface area contributed by atoms with Crippen LogP contribution in [0, 0.1) is 32.1 Å².